The van der Waals surface area contributed by atoms with E-state index in [-0.39, 0.29) is 0 Å². The first-order chi connectivity index (χ1) is 32.8. The number of nitrogens with one attached hydrogen (secondary N) is 1. The van der Waals surface area contributed by atoms with Gasteiger partial charge in [-0.2, -0.15) is 0 Å². The van der Waals surface area contributed by atoms with E-state index in [0.29, 0.717) is 23.0 Å². The lowest BCUT2D eigenvalue weighted by molar-refractivity contribution is 0.413. The van der Waals surface area contributed by atoms with Crippen molar-refractivity contribution in [1.29, 1.82) is 0 Å². The SMILES string of the molecule is COc1cc(N(C)C)ccc1-c1c(-c2ccc(N(C)C)cc2OC)c2c(-c3ccc(N(C)C)cc3OC)c3nc(cc4ccc(cc5nc(cc1n2-c1ccc(N(C)C)cc1OC)C=C5)[nH]4)C=C3. The highest BCUT2D eigenvalue weighted by atomic mass is 16.5. The zero-order valence-corrected chi connectivity index (χ0v) is 40.9. The Morgan fingerprint density at radius 1 is 0.412 bits per heavy atom. The summed E-state index contributed by atoms with van der Waals surface area (Å²) in [6.45, 7) is 0. The van der Waals surface area contributed by atoms with E-state index in [9.17, 15) is 0 Å². The van der Waals surface area contributed by atoms with Crippen LogP contribution in [0.25, 0.3) is 85.4 Å². The fraction of sp³-hybridized carbons (Fsp3) is 0.214. The normalized spacial score (nSPS) is 11.7. The monoisotopic (exact) mass is 906 g/mol. The second-order valence-electron chi connectivity index (χ2n) is 17.6. The van der Waals surface area contributed by atoms with Crippen LogP contribution in [0.3, 0.4) is 0 Å². The van der Waals surface area contributed by atoms with Crippen molar-refractivity contribution < 1.29 is 18.9 Å². The van der Waals surface area contributed by atoms with E-state index < -0.39 is 0 Å². The van der Waals surface area contributed by atoms with Crippen LogP contribution >= 0.6 is 0 Å². The number of fused-ring (bicyclic) bond motifs is 8. The minimum absolute atomic E-state index is 0.657. The van der Waals surface area contributed by atoms with Gasteiger partial charge >= 0.3 is 0 Å². The van der Waals surface area contributed by atoms with Crippen LogP contribution in [0.2, 0.25) is 0 Å². The van der Waals surface area contributed by atoms with E-state index in [1.54, 1.807) is 28.4 Å². The fourth-order valence-corrected chi connectivity index (χ4v) is 8.97. The number of nitrogens with zero attached hydrogens (tertiary/aromatic N) is 7. The van der Waals surface area contributed by atoms with Crippen LogP contribution in [0.1, 0.15) is 22.8 Å². The Hall–Kier alpha value is -8.12. The number of rotatable bonds is 12. The summed E-state index contributed by atoms with van der Waals surface area (Å²) in [5.41, 5.74) is 16.4. The van der Waals surface area contributed by atoms with Crippen molar-refractivity contribution in [3.63, 3.8) is 0 Å². The molecule has 0 radical (unpaired) electrons. The highest BCUT2D eigenvalue weighted by Gasteiger charge is 2.31. The molecule has 7 aromatic rings. The summed E-state index contributed by atoms with van der Waals surface area (Å²) < 4.78 is 28.0. The Bertz CT molecular complexity index is 3320. The van der Waals surface area contributed by atoms with Crippen molar-refractivity contribution in [3.05, 3.63) is 126 Å². The predicted octanol–water partition coefficient (Wildman–Crippen LogP) is 11.4. The molecule has 3 aromatic heterocycles. The van der Waals surface area contributed by atoms with Crippen molar-refractivity contribution in [3.8, 4) is 62.1 Å². The predicted molar refractivity (Wildman–Crippen MR) is 284 cm³/mol. The molecule has 0 fully saturated rings. The molecule has 0 saturated heterocycles. The molecule has 0 saturated carbocycles. The van der Waals surface area contributed by atoms with Gasteiger partial charge in [0.25, 0.3) is 0 Å². The number of hydrogen-bond acceptors (Lipinski definition) is 10. The minimum atomic E-state index is 0.657. The van der Waals surface area contributed by atoms with Gasteiger partial charge in [0.05, 0.1) is 67.9 Å². The highest BCUT2D eigenvalue weighted by molar-refractivity contribution is 6.13. The third kappa shape index (κ3) is 8.23. The van der Waals surface area contributed by atoms with E-state index in [1.165, 1.54) is 0 Å². The van der Waals surface area contributed by atoms with Gasteiger partial charge in [0.1, 0.15) is 23.0 Å². The number of benzene rings is 4. The molecular weight excluding hydrogens is 849 g/mol. The molecule has 2 aliphatic heterocycles. The Morgan fingerprint density at radius 2 is 0.824 bits per heavy atom. The standard InChI is InChI=1S/C56H58N8O4/c1-60(2)39-18-22-43(49(30-39)65-9)53-46-25-17-37(59-46)28-36-14-13-34(57-36)27-35-15-16-38(58-35)29-48-54(44-23-19-40(61(3)4)31-50(44)66-10)55(45-24-20-41(62(5)6)32-51(45)67-11)56(53)64(48)47-26-21-42(63(7)8)33-52(47)68-12/h13-33,57H,1-12H3. The van der Waals surface area contributed by atoms with Crippen LogP contribution in [-0.4, -0.2) is 104 Å². The van der Waals surface area contributed by atoms with E-state index in [4.69, 9.17) is 28.9 Å². The summed E-state index contributed by atoms with van der Waals surface area (Å²) in [6.07, 6.45) is 8.26. The van der Waals surface area contributed by atoms with Gasteiger partial charge in [-0.25, -0.2) is 9.97 Å². The maximum Gasteiger partial charge on any atom is 0.144 e. The number of H-pyrrole nitrogens is 1. The Kier molecular flexibility index (Phi) is 12.1. The lowest BCUT2D eigenvalue weighted by atomic mass is 9.91. The second-order valence-corrected chi connectivity index (χ2v) is 17.6. The quantitative estimate of drug-likeness (QED) is 0.128. The number of methoxy groups -OCH3 is 4. The van der Waals surface area contributed by atoms with Gasteiger partial charge in [0.2, 0.25) is 0 Å². The van der Waals surface area contributed by atoms with Crippen LogP contribution in [0.4, 0.5) is 22.7 Å². The average Bonchev–Trinajstić information content (AvgIpc) is 4.16. The highest BCUT2D eigenvalue weighted by Crippen LogP contribution is 2.53. The molecule has 0 aliphatic carbocycles. The van der Waals surface area contributed by atoms with Gasteiger partial charge < -0.3 is 48.1 Å². The summed E-state index contributed by atoms with van der Waals surface area (Å²) in [5.74, 6) is 2.69. The maximum atomic E-state index is 6.46. The summed E-state index contributed by atoms with van der Waals surface area (Å²) in [5, 5.41) is 0. The molecule has 5 heterocycles. The Balaban J connectivity index is 1.67. The molecule has 4 aromatic carbocycles. The van der Waals surface area contributed by atoms with Gasteiger partial charge in [-0.1, -0.05) is 0 Å². The lowest BCUT2D eigenvalue weighted by Crippen LogP contribution is -2.09. The van der Waals surface area contributed by atoms with Gasteiger partial charge in [0.15, 0.2) is 0 Å². The van der Waals surface area contributed by atoms with Crippen molar-refractivity contribution in [2.75, 3.05) is 104 Å². The van der Waals surface area contributed by atoms with E-state index in [1.807, 2.05) is 62.5 Å². The van der Waals surface area contributed by atoms with Crippen LogP contribution in [0.15, 0.2) is 103 Å². The van der Waals surface area contributed by atoms with Crippen molar-refractivity contribution >= 4 is 69.1 Å². The first-order valence-electron chi connectivity index (χ1n) is 22.4. The number of aromatic amines is 1. The smallest absolute Gasteiger partial charge is 0.144 e. The van der Waals surface area contributed by atoms with Crippen molar-refractivity contribution in [1.82, 2.24) is 19.5 Å². The molecule has 0 amide bonds. The molecule has 8 bridgehead atoms. The van der Waals surface area contributed by atoms with Gasteiger partial charge in [-0.3, -0.25) is 0 Å². The molecule has 0 atom stereocenters. The second kappa shape index (κ2) is 18.3. The molecule has 0 unspecified atom stereocenters. The summed E-state index contributed by atoms with van der Waals surface area (Å²) in [4.78, 5) is 22.6. The van der Waals surface area contributed by atoms with Crippen LogP contribution < -0.4 is 38.5 Å². The molecule has 9 rings (SSSR count). The van der Waals surface area contributed by atoms with Crippen LogP contribution in [0, 0.1) is 0 Å². The van der Waals surface area contributed by atoms with Gasteiger partial charge in [-0.05, 0) is 103 Å². The van der Waals surface area contributed by atoms with Crippen molar-refractivity contribution in [2.24, 2.45) is 0 Å². The Morgan fingerprint density at radius 3 is 1.31 bits per heavy atom. The third-order valence-electron chi connectivity index (χ3n) is 12.5. The summed E-state index contributed by atoms with van der Waals surface area (Å²) >= 11 is 0. The van der Waals surface area contributed by atoms with E-state index in [2.05, 4.69) is 151 Å². The Labute approximate surface area is 398 Å². The molecule has 346 valence electrons. The van der Waals surface area contributed by atoms with Crippen molar-refractivity contribution in [2.45, 2.75) is 0 Å². The first kappa shape index (κ1) is 45.1. The molecule has 0 spiro atoms. The van der Waals surface area contributed by atoms with E-state index in [0.717, 1.165) is 107 Å². The number of ether oxygens (including phenoxy) is 4. The molecule has 12 nitrogen and oxygen atoms in total. The lowest BCUT2D eigenvalue weighted by Gasteiger charge is -2.21. The molecule has 1 N–H and O–H groups in total. The van der Waals surface area contributed by atoms with Gasteiger partial charge in [-0.15, -0.1) is 0 Å². The van der Waals surface area contributed by atoms with Crippen LogP contribution in [0.5, 0.6) is 23.0 Å². The summed E-state index contributed by atoms with van der Waals surface area (Å²) in [7, 11) is 23.1. The third-order valence-corrected chi connectivity index (χ3v) is 12.5. The van der Waals surface area contributed by atoms with Gasteiger partial charge in [0, 0.05) is 148 Å². The minimum Gasteiger partial charge on any atom is -0.496 e. The zero-order chi connectivity index (χ0) is 48.0. The van der Waals surface area contributed by atoms with Crippen LogP contribution in [-0.2, 0) is 0 Å². The fourth-order valence-electron chi connectivity index (χ4n) is 8.97. The van der Waals surface area contributed by atoms with E-state index >= 15 is 0 Å². The first-order valence-corrected chi connectivity index (χ1v) is 22.4. The average molecular weight is 907 g/mol. The summed E-state index contributed by atoms with van der Waals surface area (Å²) in [6, 6.07) is 35.8. The largest absolute Gasteiger partial charge is 0.496 e. The number of anilines is 4. The maximum absolute atomic E-state index is 6.46. The number of hydrogen-bond donors (Lipinski definition) is 1. The zero-order valence-electron chi connectivity index (χ0n) is 40.9. The molecule has 2 aliphatic rings. The molecule has 12 heteroatoms. The topological polar surface area (TPSA) is 96.4 Å². The molecule has 68 heavy (non-hydrogen) atoms. The molecular formula is C56H58N8O4. The number of aromatic nitrogens is 4.